The van der Waals surface area contributed by atoms with Crippen LogP contribution in [-0.2, 0) is 4.79 Å². The summed E-state index contributed by atoms with van der Waals surface area (Å²) in [6, 6.07) is 0. The number of hydrogen-bond acceptors (Lipinski definition) is 1. The van der Waals surface area contributed by atoms with Crippen LogP contribution in [0.25, 0.3) is 0 Å². The van der Waals surface area contributed by atoms with Crippen LogP contribution in [-0.4, -0.2) is 11.1 Å². The molecule has 0 aliphatic heterocycles. The van der Waals surface area contributed by atoms with Crippen molar-refractivity contribution in [3.05, 3.63) is 0 Å². The summed E-state index contributed by atoms with van der Waals surface area (Å²) in [5.74, 6) is -0.698. The number of hydrogen-bond donors (Lipinski definition) is 1. The van der Waals surface area contributed by atoms with Crippen LogP contribution in [0.4, 0.5) is 0 Å². The first kappa shape index (κ1) is 8.57. The maximum Gasteiger partial charge on any atom is 0.306 e. The van der Waals surface area contributed by atoms with Crippen LogP contribution in [0.5, 0.6) is 0 Å². The molecule has 0 aromatic heterocycles. The van der Waals surface area contributed by atoms with E-state index in [9.17, 15) is 4.79 Å². The summed E-state index contributed by atoms with van der Waals surface area (Å²) in [7, 11) is 0. The molecule has 0 heterocycles. The monoisotopic (exact) mass is 156 g/mol. The van der Waals surface area contributed by atoms with Gasteiger partial charge in [0.1, 0.15) is 0 Å². The predicted molar refractivity (Wildman–Crippen MR) is 43.4 cm³/mol. The Hall–Kier alpha value is -0.530. The zero-order chi connectivity index (χ0) is 8.48. The van der Waals surface area contributed by atoms with Gasteiger partial charge in [-0.2, -0.15) is 0 Å². The van der Waals surface area contributed by atoms with Gasteiger partial charge in [0, 0.05) is 0 Å². The van der Waals surface area contributed by atoms with E-state index in [0.29, 0.717) is 0 Å². The molecule has 0 amide bonds. The van der Waals surface area contributed by atoms with Crippen molar-refractivity contribution < 1.29 is 9.90 Å². The number of carboxylic acid groups (broad SMARTS) is 1. The van der Waals surface area contributed by atoms with Crippen LogP contribution in [0.15, 0.2) is 0 Å². The summed E-state index contributed by atoms with van der Waals surface area (Å²) in [5.41, 5.74) is 0.251. The molecule has 2 nitrogen and oxygen atoms in total. The summed E-state index contributed by atoms with van der Waals surface area (Å²) < 4.78 is 0. The molecule has 1 atom stereocenters. The molecule has 1 saturated carbocycles. The molecule has 0 spiro atoms. The second-order valence-corrected chi connectivity index (χ2v) is 4.30. The predicted octanol–water partition coefficient (Wildman–Crippen LogP) is 2.29. The molecule has 0 aromatic carbocycles. The van der Waals surface area contributed by atoms with Gasteiger partial charge in [0.2, 0.25) is 0 Å². The third kappa shape index (κ3) is 2.21. The Balaban J connectivity index is 2.53. The second kappa shape index (κ2) is 2.84. The molecule has 0 aromatic rings. The molecule has 1 rings (SSSR count). The van der Waals surface area contributed by atoms with Crippen molar-refractivity contribution in [1.29, 1.82) is 0 Å². The third-order valence-corrected chi connectivity index (χ3v) is 2.55. The number of carboxylic acids is 1. The SMILES string of the molecule is CC1(C)CCC[C@@H](C(=O)O)C1. The lowest BCUT2D eigenvalue weighted by molar-refractivity contribution is -0.144. The van der Waals surface area contributed by atoms with E-state index in [0.717, 1.165) is 19.3 Å². The largest absolute Gasteiger partial charge is 0.481 e. The van der Waals surface area contributed by atoms with Gasteiger partial charge in [-0.1, -0.05) is 20.3 Å². The minimum Gasteiger partial charge on any atom is -0.481 e. The summed E-state index contributed by atoms with van der Waals surface area (Å²) in [6.45, 7) is 4.31. The average molecular weight is 156 g/mol. The van der Waals surface area contributed by atoms with E-state index < -0.39 is 5.97 Å². The molecule has 0 unspecified atom stereocenters. The molecule has 1 aliphatic carbocycles. The molecule has 2 heteroatoms. The number of aliphatic carboxylic acids is 1. The van der Waals surface area contributed by atoms with Gasteiger partial charge in [0.05, 0.1) is 5.92 Å². The molecule has 0 radical (unpaired) electrons. The van der Waals surface area contributed by atoms with E-state index >= 15 is 0 Å². The van der Waals surface area contributed by atoms with E-state index in [1.54, 1.807) is 0 Å². The summed E-state index contributed by atoms with van der Waals surface area (Å²) in [4.78, 5) is 10.6. The summed E-state index contributed by atoms with van der Waals surface area (Å²) in [6.07, 6.45) is 3.97. The molecular formula is C9H16O2. The second-order valence-electron chi connectivity index (χ2n) is 4.30. The van der Waals surface area contributed by atoms with Crippen LogP contribution in [0.1, 0.15) is 39.5 Å². The van der Waals surface area contributed by atoms with Crippen LogP contribution < -0.4 is 0 Å². The molecule has 1 N–H and O–H groups in total. The quantitative estimate of drug-likeness (QED) is 0.632. The highest BCUT2D eigenvalue weighted by molar-refractivity contribution is 5.70. The van der Waals surface area contributed by atoms with Gasteiger partial charge in [-0.3, -0.25) is 4.79 Å². The smallest absolute Gasteiger partial charge is 0.306 e. The normalized spacial score (nSPS) is 29.8. The van der Waals surface area contributed by atoms with Crippen molar-refractivity contribution >= 4 is 5.97 Å². The van der Waals surface area contributed by atoms with Crippen molar-refractivity contribution in [2.75, 3.05) is 0 Å². The lowest BCUT2D eigenvalue weighted by Gasteiger charge is -2.32. The lowest BCUT2D eigenvalue weighted by Crippen LogP contribution is -2.27. The van der Waals surface area contributed by atoms with Gasteiger partial charge in [-0.05, 0) is 24.7 Å². The molecule has 0 bridgehead atoms. The standard InChI is InChI=1S/C9H16O2/c1-9(2)5-3-4-7(6-9)8(10)11/h7H,3-6H2,1-2H3,(H,10,11)/t7-/m1/s1. The molecule has 1 fully saturated rings. The maximum absolute atomic E-state index is 10.6. The van der Waals surface area contributed by atoms with E-state index in [1.807, 2.05) is 0 Å². The lowest BCUT2D eigenvalue weighted by atomic mass is 9.72. The van der Waals surface area contributed by atoms with Crippen LogP contribution >= 0.6 is 0 Å². The highest BCUT2D eigenvalue weighted by atomic mass is 16.4. The topological polar surface area (TPSA) is 37.3 Å². The molecular weight excluding hydrogens is 140 g/mol. The van der Waals surface area contributed by atoms with Gasteiger partial charge in [-0.15, -0.1) is 0 Å². The third-order valence-electron chi connectivity index (χ3n) is 2.55. The number of carbonyl (C=O) groups is 1. The minimum atomic E-state index is -0.613. The van der Waals surface area contributed by atoms with Gasteiger partial charge < -0.3 is 5.11 Å². The summed E-state index contributed by atoms with van der Waals surface area (Å²) >= 11 is 0. The molecule has 1 aliphatic rings. The first-order valence-corrected chi connectivity index (χ1v) is 4.24. The average Bonchev–Trinajstić information content (AvgIpc) is 1.85. The molecule has 64 valence electrons. The van der Waals surface area contributed by atoms with E-state index in [1.165, 1.54) is 6.42 Å². The highest BCUT2D eigenvalue weighted by Crippen LogP contribution is 2.38. The van der Waals surface area contributed by atoms with Crippen molar-refractivity contribution in [3.63, 3.8) is 0 Å². The Morgan fingerprint density at radius 3 is 2.55 bits per heavy atom. The van der Waals surface area contributed by atoms with Gasteiger partial charge in [-0.25, -0.2) is 0 Å². The Kier molecular flexibility index (Phi) is 2.21. The van der Waals surface area contributed by atoms with Crippen molar-refractivity contribution in [1.82, 2.24) is 0 Å². The fourth-order valence-corrected chi connectivity index (χ4v) is 1.91. The van der Waals surface area contributed by atoms with Crippen molar-refractivity contribution in [2.24, 2.45) is 11.3 Å². The van der Waals surface area contributed by atoms with Crippen molar-refractivity contribution in [2.45, 2.75) is 39.5 Å². The Morgan fingerprint density at radius 1 is 1.55 bits per heavy atom. The molecule has 0 saturated heterocycles. The Morgan fingerprint density at radius 2 is 2.18 bits per heavy atom. The minimum absolute atomic E-state index is 0.0845. The van der Waals surface area contributed by atoms with Gasteiger partial charge >= 0.3 is 5.97 Å². The van der Waals surface area contributed by atoms with E-state index in [-0.39, 0.29) is 11.3 Å². The Labute approximate surface area is 67.6 Å². The van der Waals surface area contributed by atoms with Crippen LogP contribution in [0.2, 0.25) is 0 Å². The van der Waals surface area contributed by atoms with Crippen LogP contribution in [0.3, 0.4) is 0 Å². The maximum atomic E-state index is 10.6. The van der Waals surface area contributed by atoms with Gasteiger partial charge in [0.15, 0.2) is 0 Å². The zero-order valence-electron chi connectivity index (χ0n) is 7.26. The number of rotatable bonds is 1. The first-order valence-electron chi connectivity index (χ1n) is 4.24. The van der Waals surface area contributed by atoms with E-state index in [4.69, 9.17) is 5.11 Å². The summed E-state index contributed by atoms with van der Waals surface area (Å²) in [5, 5.41) is 8.77. The zero-order valence-corrected chi connectivity index (χ0v) is 7.26. The molecule has 11 heavy (non-hydrogen) atoms. The fourth-order valence-electron chi connectivity index (χ4n) is 1.91. The fraction of sp³-hybridized carbons (Fsp3) is 0.889. The highest BCUT2D eigenvalue weighted by Gasteiger charge is 2.31. The Bertz CT molecular complexity index is 161. The van der Waals surface area contributed by atoms with E-state index in [2.05, 4.69) is 13.8 Å². The van der Waals surface area contributed by atoms with Crippen molar-refractivity contribution in [3.8, 4) is 0 Å². The van der Waals surface area contributed by atoms with Gasteiger partial charge in [0.25, 0.3) is 0 Å². The van der Waals surface area contributed by atoms with Crippen LogP contribution in [0, 0.1) is 11.3 Å². The first-order chi connectivity index (χ1) is 5.01.